The molecule has 0 unspecified atom stereocenters. The first-order valence-corrected chi connectivity index (χ1v) is 12.1. The molecule has 0 bridgehead atoms. The van der Waals surface area contributed by atoms with Gasteiger partial charge in [-0.15, -0.1) is 0 Å². The fraction of sp³-hybridized carbons (Fsp3) is 0.296. The van der Waals surface area contributed by atoms with E-state index in [0.29, 0.717) is 36.2 Å². The molecule has 188 valence electrons. The van der Waals surface area contributed by atoms with E-state index in [1.165, 1.54) is 23.0 Å². The van der Waals surface area contributed by atoms with Gasteiger partial charge in [-0.2, -0.15) is 5.10 Å². The number of likely N-dealkylation sites (tertiary alicyclic amines) is 1. The van der Waals surface area contributed by atoms with Crippen molar-refractivity contribution < 1.29 is 13.9 Å². The number of hydrogen-bond donors (Lipinski definition) is 1. The second-order valence-corrected chi connectivity index (χ2v) is 10.2. The Kier molecular flexibility index (Phi) is 5.49. The van der Waals surface area contributed by atoms with Gasteiger partial charge in [0.15, 0.2) is 0 Å². The summed E-state index contributed by atoms with van der Waals surface area (Å²) in [4.78, 5) is 27.9. The summed E-state index contributed by atoms with van der Waals surface area (Å²) >= 11 is 0. The zero-order valence-corrected chi connectivity index (χ0v) is 20.5. The van der Waals surface area contributed by atoms with Crippen LogP contribution in [-0.2, 0) is 5.54 Å². The normalized spacial score (nSPS) is 20.5. The van der Waals surface area contributed by atoms with E-state index in [4.69, 9.17) is 10.5 Å². The van der Waals surface area contributed by atoms with Gasteiger partial charge in [-0.1, -0.05) is 0 Å². The van der Waals surface area contributed by atoms with Crippen molar-refractivity contribution in [2.45, 2.75) is 25.5 Å². The predicted octanol–water partition coefficient (Wildman–Crippen LogP) is 3.21. The summed E-state index contributed by atoms with van der Waals surface area (Å²) in [5.74, 6) is 0.994. The molecule has 9 nitrogen and oxygen atoms in total. The maximum Gasteiger partial charge on any atom is 0.257 e. The van der Waals surface area contributed by atoms with Crippen molar-refractivity contribution in [1.29, 1.82) is 0 Å². The number of amides is 1. The molecule has 1 aliphatic heterocycles. The minimum atomic E-state index is -0.603. The van der Waals surface area contributed by atoms with Crippen LogP contribution in [0, 0.1) is 17.7 Å². The molecular weight excluding hydrogens is 473 g/mol. The van der Waals surface area contributed by atoms with E-state index in [9.17, 15) is 9.18 Å². The van der Waals surface area contributed by atoms with E-state index in [2.05, 4.69) is 20.1 Å². The highest BCUT2D eigenvalue weighted by Gasteiger charge is 2.59. The second kappa shape index (κ2) is 8.74. The number of nitrogens with two attached hydrogens (primary N) is 1. The minimum absolute atomic E-state index is 0.0193. The van der Waals surface area contributed by atoms with E-state index in [-0.39, 0.29) is 29.7 Å². The smallest absolute Gasteiger partial charge is 0.257 e. The Morgan fingerprint density at radius 3 is 2.49 bits per heavy atom. The fourth-order valence-corrected chi connectivity index (χ4v) is 4.79. The zero-order chi connectivity index (χ0) is 25.7. The number of carbonyl (C=O) groups is 1. The largest absolute Gasteiger partial charge is 0.474 e. The van der Waals surface area contributed by atoms with E-state index in [1.54, 1.807) is 36.8 Å². The number of nitrogens with zero attached hydrogens (tertiary/aromatic N) is 6. The molecule has 3 aromatic heterocycles. The molecule has 1 aromatic carbocycles. The molecule has 6 rings (SSSR count). The van der Waals surface area contributed by atoms with Gasteiger partial charge in [-0.05, 0) is 55.8 Å². The molecule has 4 aromatic rings. The van der Waals surface area contributed by atoms with Crippen molar-refractivity contribution >= 4 is 5.91 Å². The molecular formula is C27H26FN7O2. The van der Waals surface area contributed by atoms with Gasteiger partial charge >= 0.3 is 0 Å². The van der Waals surface area contributed by atoms with Gasteiger partial charge in [0.1, 0.15) is 11.9 Å². The van der Waals surface area contributed by atoms with Gasteiger partial charge in [0.2, 0.25) is 11.8 Å². The fourth-order valence-electron chi connectivity index (χ4n) is 4.79. The van der Waals surface area contributed by atoms with Crippen molar-refractivity contribution in [3.63, 3.8) is 0 Å². The number of aromatic nitrogens is 5. The quantitative estimate of drug-likeness (QED) is 0.434. The molecule has 1 amide bonds. The van der Waals surface area contributed by atoms with Crippen LogP contribution in [0.1, 0.15) is 29.8 Å². The molecule has 1 saturated carbocycles. The minimum Gasteiger partial charge on any atom is -0.474 e. The van der Waals surface area contributed by atoms with Crippen molar-refractivity contribution in [2.75, 3.05) is 13.1 Å². The molecule has 2 N–H and O–H groups in total. The maximum absolute atomic E-state index is 13.4. The Morgan fingerprint density at radius 2 is 1.81 bits per heavy atom. The van der Waals surface area contributed by atoms with E-state index < -0.39 is 5.54 Å². The summed E-state index contributed by atoms with van der Waals surface area (Å²) in [5.41, 5.74) is 8.60. The first-order valence-electron chi connectivity index (χ1n) is 12.1. The SMILES string of the molecule is CC(C)(N)c1cc(O[C@@H]2[C@@H]3CN(C(=O)c4cnn(-c5ncccn5)c4)C[C@@H]32)nc(-c2ccc(F)cc2)c1. The second-order valence-electron chi connectivity index (χ2n) is 10.2. The summed E-state index contributed by atoms with van der Waals surface area (Å²) in [7, 11) is 0. The Labute approximate surface area is 213 Å². The van der Waals surface area contributed by atoms with Gasteiger partial charge in [-0.3, -0.25) is 4.79 Å². The maximum atomic E-state index is 13.4. The third-order valence-corrected chi connectivity index (χ3v) is 6.93. The number of piperidine rings is 1. The number of pyridine rings is 1. The molecule has 0 radical (unpaired) electrons. The Hall–Kier alpha value is -4.18. The third-order valence-electron chi connectivity index (χ3n) is 6.93. The summed E-state index contributed by atoms with van der Waals surface area (Å²) in [6, 6.07) is 11.7. The van der Waals surface area contributed by atoms with Crippen molar-refractivity contribution in [3.05, 3.63) is 84.2 Å². The molecule has 2 fully saturated rings. The lowest BCUT2D eigenvalue weighted by Crippen LogP contribution is -2.33. The van der Waals surface area contributed by atoms with Crippen LogP contribution in [0.5, 0.6) is 5.88 Å². The molecule has 10 heteroatoms. The molecule has 4 heterocycles. The van der Waals surface area contributed by atoms with Crippen LogP contribution in [0.4, 0.5) is 4.39 Å². The Balaban J connectivity index is 1.14. The summed E-state index contributed by atoms with van der Waals surface area (Å²) in [6.45, 7) is 5.05. The van der Waals surface area contributed by atoms with Gasteiger partial charge in [0.25, 0.3) is 5.91 Å². The lowest BCUT2D eigenvalue weighted by atomic mass is 9.95. The van der Waals surface area contributed by atoms with E-state index in [0.717, 1.165) is 11.1 Å². The number of fused-ring (bicyclic) bond motifs is 1. The summed E-state index contributed by atoms with van der Waals surface area (Å²) in [6.07, 6.45) is 6.42. The highest BCUT2D eigenvalue weighted by Crippen LogP contribution is 2.48. The number of hydrogen-bond acceptors (Lipinski definition) is 7. The molecule has 1 aliphatic carbocycles. The van der Waals surface area contributed by atoms with Crippen LogP contribution >= 0.6 is 0 Å². The number of benzene rings is 1. The molecule has 2 aliphatic rings. The van der Waals surface area contributed by atoms with E-state index >= 15 is 0 Å². The lowest BCUT2D eigenvalue weighted by Gasteiger charge is -2.22. The first-order chi connectivity index (χ1) is 17.8. The Bertz CT molecular complexity index is 1440. The van der Waals surface area contributed by atoms with Gasteiger partial charge in [-0.25, -0.2) is 24.0 Å². The van der Waals surface area contributed by atoms with Crippen LogP contribution in [0.2, 0.25) is 0 Å². The topological polar surface area (TPSA) is 112 Å². The number of carbonyl (C=O) groups excluding carboxylic acids is 1. The number of ether oxygens (including phenoxy) is 1. The van der Waals surface area contributed by atoms with Gasteiger partial charge in [0, 0.05) is 60.7 Å². The monoisotopic (exact) mass is 499 g/mol. The van der Waals surface area contributed by atoms with E-state index in [1.807, 2.05) is 30.9 Å². The van der Waals surface area contributed by atoms with Crippen molar-refractivity contribution in [2.24, 2.45) is 17.6 Å². The average molecular weight is 500 g/mol. The highest BCUT2D eigenvalue weighted by atomic mass is 19.1. The first kappa shape index (κ1) is 23.2. The molecule has 3 atom stereocenters. The zero-order valence-electron chi connectivity index (χ0n) is 20.5. The standard InChI is InChI=1S/C27H26FN7O2/c1-27(2,29)18-10-22(16-4-6-19(28)7-5-16)33-23(11-18)37-24-20-14-34(15-21(20)24)25(36)17-12-32-35(13-17)26-30-8-3-9-31-26/h3-13,20-21,24H,14-15,29H2,1-2H3/t20-,21+,24-. The predicted molar refractivity (Wildman–Crippen MR) is 133 cm³/mol. The van der Waals surface area contributed by atoms with Gasteiger partial charge in [0.05, 0.1) is 17.5 Å². The summed E-state index contributed by atoms with van der Waals surface area (Å²) < 4.78 is 21.2. The van der Waals surface area contributed by atoms with Gasteiger partial charge < -0.3 is 15.4 Å². The highest BCUT2D eigenvalue weighted by molar-refractivity contribution is 5.94. The average Bonchev–Trinajstić information content (AvgIpc) is 3.27. The van der Waals surface area contributed by atoms with Crippen LogP contribution in [0.15, 0.2) is 67.3 Å². The van der Waals surface area contributed by atoms with Crippen molar-refractivity contribution in [1.82, 2.24) is 29.6 Å². The van der Waals surface area contributed by atoms with Crippen LogP contribution in [-0.4, -0.2) is 54.7 Å². The number of rotatable bonds is 6. The molecule has 1 saturated heterocycles. The molecule has 0 spiro atoms. The van der Waals surface area contributed by atoms with Crippen LogP contribution in [0.25, 0.3) is 17.2 Å². The number of halogens is 1. The Morgan fingerprint density at radius 1 is 1.11 bits per heavy atom. The lowest BCUT2D eigenvalue weighted by molar-refractivity contribution is 0.0751. The third kappa shape index (κ3) is 4.55. The molecule has 37 heavy (non-hydrogen) atoms. The summed E-state index contributed by atoms with van der Waals surface area (Å²) in [5, 5.41) is 4.23. The van der Waals surface area contributed by atoms with Crippen molar-refractivity contribution in [3.8, 4) is 23.1 Å². The van der Waals surface area contributed by atoms with Crippen LogP contribution in [0.3, 0.4) is 0 Å². The van der Waals surface area contributed by atoms with Crippen LogP contribution < -0.4 is 10.5 Å².